The number of aromatic nitrogens is 2. The summed E-state index contributed by atoms with van der Waals surface area (Å²) in [6.07, 6.45) is 5.07. The van der Waals surface area contributed by atoms with Crippen LogP contribution in [0.15, 0.2) is 30.5 Å². The molecule has 0 saturated carbocycles. The average molecular weight is 270 g/mol. The standard InChI is InChI=1S/C16H18N2O2/c1-11-5-2-3-6-12(11)9-15-17-10-13-7-4-8-14(16(19)20)18(13)15/h2-3,5-6,10,14H,4,7-9H2,1H3,(H,19,20). The molecule has 1 aromatic heterocycles. The zero-order valence-corrected chi connectivity index (χ0v) is 11.5. The van der Waals surface area contributed by atoms with Gasteiger partial charge in [0.15, 0.2) is 0 Å². The molecule has 1 unspecified atom stereocenters. The van der Waals surface area contributed by atoms with Crippen molar-refractivity contribution in [2.45, 2.75) is 38.6 Å². The number of carboxylic acids is 1. The predicted octanol–water partition coefficient (Wildman–Crippen LogP) is 2.74. The van der Waals surface area contributed by atoms with Crippen LogP contribution in [0.3, 0.4) is 0 Å². The predicted molar refractivity (Wildman–Crippen MR) is 75.8 cm³/mol. The first-order valence-electron chi connectivity index (χ1n) is 6.99. The third-order valence-corrected chi connectivity index (χ3v) is 4.07. The highest BCUT2D eigenvalue weighted by atomic mass is 16.4. The summed E-state index contributed by atoms with van der Waals surface area (Å²) in [5, 5.41) is 9.40. The summed E-state index contributed by atoms with van der Waals surface area (Å²) in [4.78, 5) is 15.9. The number of carbonyl (C=O) groups is 1. The number of benzene rings is 1. The largest absolute Gasteiger partial charge is 0.480 e. The molecule has 0 radical (unpaired) electrons. The fourth-order valence-corrected chi connectivity index (χ4v) is 2.95. The van der Waals surface area contributed by atoms with Crippen LogP contribution < -0.4 is 0 Å². The molecule has 0 fully saturated rings. The molecule has 1 aliphatic rings. The smallest absolute Gasteiger partial charge is 0.326 e. The van der Waals surface area contributed by atoms with E-state index in [1.54, 1.807) is 0 Å². The number of rotatable bonds is 3. The maximum Gasteiger partial charge on any atom is 0.326 e. The summed E-state index contributed by atoms with van der Waals surface area (Å²) in [5.41, 5.74) is 3.47. The molecule has 2 aromatic rings. The summed E-state index contributed by atoms with van der Waals surface area (Å²) < 4.78 is 1.93. The molecule has 1 atom stereocenters. The van der Waals surface area contributed by atoms with Gasteiger partial charge < -0.3 is 9.67 Å². The number of fused-ring (bicyclic) bond motifs is 1. The SMILES string of the molecule is Cc1ccccc1Cc1ncc2n1C(C(=O)O)CCC2. The van der Waals surface area contributed by atoms with Crippen molar-refractivity contribution in [1.82, 2.24) is 9.55 Å². The molecule has 2 heterocycles. The van der Waals surface area contributed by atoms with E-state index in [2.05, 4.69) is 24.0 Å². The molecule has 104 valence electrons. The Morgan fingerprint density at radius 2 is 2.25 bits per heavy atom. The van der Waals surface area contributed by atoms with E-state index in [9.17, 15) is 9.90 Å². The lowest BCUT2D eigenvalue weighted by molar-refractivity contribution is -0.141. The Bertz CT molecular complexity index is 646. The van der Waals surface area contributed by atoms with E-state index >= 15 is 0 Å². The minimum atomic E-state index is -0.755. The Balaban J connectivity index is 1.98. The van der Waals surface area contributed by atoms with Gasteiger partial charge in [-0.3, -0.25) is 0 Å². The van der Waals surface area contributed by atoms with Crippen LogP contribution in [0.1, 0.15) is 41.5 Å². The lowest BCUT2D eigenvalue weighted by atomic mass is 10.0. The third kappa shape index (κ3) is 2.22. The molecule has 1 aliphatic heterocycles. The van der Waals surface area contributed by atoms with Crippen molar-refractivity contribution in [3.8, 4) is 0 Å². The minimum absolute atomic E-state index is 0.458. The Morgan fingerprint density at radius 1 is 1.45 bits per heavy atom. The van der Waals surface area contributed by atoms with Crippen molar-refractivity contribution < 1.29 is 9.90 Å². The second-order valence-electron chi connectivity index (χ2n) is 5.39. The number of nitrogens with zero attached hydrogens (tertiary/aromatic N) is 2. The number of imidazole rings is 1. The van der Waals surface area contributed by atoms with Gasteiger partial charge in [-0.05, 0) is 37.3 Å². The molecule has 4 nitrogen and oxygen atoms in total. The van der Waals surface area contributed by atoms with Gasteiger partial charge in [0.05, 0.1) is 0 Å². The van der Waals surface area contributed by atoms with E-state index in [-0.39, 0.29) is 0 Å². The van der Waals surface area contributed by atoms with Crippen LogP contribution in [-0.4, -0.2) is 20.6 Å². The molecule has 0 saturated heterocycles. The van der Waals surface area contributed by atoms with Gasteiger partial charge in [-0.2, -0.15) is 0 Å². The Hall–Kier alpha value is -2.10. The van der Waals surface area contributed by atoms with E-state index in [1.165, 1.54) is 11.1 Å². The van der Waals surface area contributed by atoms with Crippen LogP contribution in [0.25, 0.3) is 0 Å². The monoisotopic (exact) mass is 270 g/mol. The lowest BCUT2D eigenvalue weighted by Crippen LogP contribution is -2.26. The normalized spacial score (nSPS) is 17.8. The Labute approximate surface area is 118 Å². The van der Waals surface area contributed by atoms with Gasteiger partial charge in [-0.25, -0.2) is 9.78 Å². The molecule has 1 N–H and O–H groups in total. The van der Waals surface area contributed by atoms with E-state index in [1.807, 2.05) is 22.9 Å². The van der Waals surface area contributed by atoms with Crippen molar-refractivity contribution in [1.29, 1.82) is 0 Å². The number of aryl methyl sites for hydroxylation is 2. The summed E-state index contributed by atoms with van der Waals surface area (Å²) in [6, 6.07) is 7.72. The van der Waals surface area contributed by atoms with Crippen LogP contribution in [-0.2, 0) is 17.6 Å². The second kappa shape index (κ2) is 5.12. The molecule has 4 heteroatoms. The van der Waals surface area contributed by atoms with Crippen LogP contribution in [0, 0.1) is 6.92 Å². The van der Waals surface area contributed by atoms with Crippen molar-refractivity contribution in [3.05, 3.63) is 53.1 Å². The third-order valence-electron chi connectivity index (χ3n) is 4.07. The van der Waals surface area contributed by atoms with Crippen LogP contribution in [0.2, 0.25) is 0 Å². The van der Waals surface area contributed by atoms with Crippen LogP contribution >= 0.6 is 0 Å². The van der Waals surface area contributed by atoms with Crippen molar-refractivity contribution in [2.75, 3.05) is 0 Å². The van der Waals surface area contributed by atoms with E-state index in [4.69, 9.17) is 0 Å². The zero-order chi connectivity index (χ0) is 14.1. The molecule has 3 rings (SSSR count). The summed E-state index contributed by atoms with van der Waals surface area (Å²) in [6.45, 7) is 2.07. The van der Waals surface area contributed by atoms with Gasteiger partial charge in [0, 0.05) is 18.3 Å². The van der Waals surface area contributed by atoms with Crippen molar-refractivity contribution >= 4 is 5.97 Å². The first-order chi connectivity index (χ1) is 9.66. The van der Waals surface area contributed by atoms with Gasteiger partial charge in [0.1, 0.15) is 11.9 Å². The van der Waals surface area contributed by atoms with E-state index < -0.39 is 12.0 Å². The zero-order valence-electron chi connectivity index (χ0n) is 11.5. The van der Waals surface area contributed by atoms with Crippen molar-refractivity contribution in [3.63, 3.8) is 0 Å². The van der Waals surface area contributed by atoms with E-state index in [0.29, 0.717) is 12.8 Å². The van der Waals surface area contributed by atoms with Crippen molar-refractivity contribution in [2.24, 2.45) is 0 Å². The first kappa shape index (κ1) is 12.9. The van der Waals surface area contributed by atoms with Gasteiger partial charge >= 0.3 is 5.97 Å². The number of hydrogen-bond acceptors (Lipinski definition) is 2. The molecule has 0 spiro atoms. The van der Waals surface area contributed by atoms with Gasteiger partial charge in [-0.1, -0.05) is 24.3 Å². The van der Waals surface area contributed by atoms with Gasteiger partial charge in [-0.15, -0.1) is 0 Å². The summed E-state index contributed by atoms with van der Waals surface area (Å²) in [5.74, 6) is 0.108. The summed E-state index contributed by atoms with van der Waals surface area (Å²) >= 11 is 0. The number of aliphatic carboxylic acids is 1. The lowest BCUT2D eigenvalue weighted by Gasteiger charge is -2.24. The molecule has 0 aliphatic carbocycles. The maximum atomic E-state index is 11.4. The van der Waals surface area contributed by atoms with E-state index in [0.717, 1.165) is 24.4 Å². The highest BCUT2D eigenvalue weighted by molar-refractivity contribution is 5.72. The van der Waals surface area contributed by atoms with Crippen LogP contribution in [0.5, 0.6) is 0 Å². The molecule has 20 heavy (non-hydrogen) atoms. The van der Waals surface area contributed by atoms with Crippen LogP contribution in [0.4, 0.5) is 0 Å². The highest BCUT2D eigenvalue weighted by Gasteiger charge is 2.28. The van der Waals surface area contributed by atoms with Gasteiger partial charge in [0.2, 0.25) is 0 Å². The Kier molecular flexibility index (Phi) is 3.30. The quantitative estimate of drug-likeness (QED) is 0.933. The topological polar surface area (TPSA) is 55.1 Å². The fraction of sp³-hybridized carbons (Fsp3) is 0.375. The number of hydrogen-bond donors (Lipinski definition) is 1. The molecule has 1 aromatic carbocycles. The highest BCUT2D eigenvalue weighted by Crippen LogP contribution is 2.28. The van der Waals surface area contributed by atoms with Gasteiger partial charge in [0.25, 0.3) is 0 Å². The summed E-state index contributed by atoms with van der Waals surface area (Å²) in [7, 11) is 0. The molecule has 0 bridgehead atoms. The first-order valence-corrected chi connectivity index (χ1v) is 6.99. The fourth-order valence-electron chi connectivity index (χ4n) is 2.95. The molecule has 0 amide bonds. The second-order valence-corrected chi connectivity index (χ2v) is 5.39. The maximum absolute atomic E-state index is 11.4. The average Bonchev–Trinajstić information content (AvgIpc) is 2.84. The number of carboxylic acid groups (broad SMARTS) is 1. The molecular weight excluding hydrogens is 252 g/mol. The Morgan fingerprint density at radius 3 is 3.00 bits per heavy atom. The molecular formula is C16H18N2O2. The minimum Gasteiger partial charge on any atom is -0.480 e.